The maximum Gasteiger partial charge on any atom is 0.0542 e. The summed E-state index contributed by atoms with van der Waals surface area (Å²) in [6.07, 6.45) is 0. The zero-order chi connectivity index (χ0) is 37.5. The minimum absolute atomic E-state index is 1.15. The highest BCUT2D eigenvalue weighted by molar-refractivity contribution is 6.14. The van der Waals surface area contributed by atoms with Gasteiger partial charge in [-0.25, -0.2) is 0 Å². The van der Waals surface area contributed by atoms with Crippen LogP contribution < -0.4 is 0 Å². The highest BCUT2D eigenvalue weighted by Gasteiger charge is 2.18. The molecule has 0 fully saturated rings. The van der Waals surface area contributed by atoms with Crippen LogP contribution in [0.25, 0.3) is 105 Å². The first-order valence-electron chi connectivity index (χ1n) is 19.6. The van der Waals surface area contributed by atoms with Gasteiger partial charge in [-0.05, 0) is 107 Å². The molecule has 9 aromatic carbocycles. The molecule has 3 nitrogen and oxygen atoms in total. The average Bonchev–Trinajstić information content (AvgIpc) is 3.92. The van der Waals surface area contributed by atoms with Gasteiger partial charge in [0, 0.05) is 49.4 Å². The largest absolute Gasteiger partial charge is 0.309 e. The number of hydrogen-bond donors (Lipinski definition) is 0. The van der Waals surface area contributed by atoms with E-state index in [1.807, 2.05) is 0 Å². The van der Waals surface area contributed by atoms with Gasteiger partial charge in [-0.2, -0.15) is 0 Å². The number of rotatable bonds is 5. The number of fused-ring (bicyclic) bond motifs is 9. The molecule has 0 aliphatic heterocycles. The fourth-order valence-corrected chi connectivity index (χ4v) is 9.25. The maximum absolute atomic E-state index is 2.44. The van der Waals surface area contributed by atoms with Gasteiger partial charge < -0.3 is 13.7 Å². The van der Waals surface area contributed by atoms with Gasteiger partial charge in [-0.3, -0.25) is 0 Å². The van der Waals surface area contributed by atoms with Crippen LogP contribution in [0.5, 0.6) is 0 Å². The molecule has 0 atom stereocenters. The van der Waals surface area contributed by atoms with Crippen LogP contribution in [0.1, 0.15) is 0 Å². The van der Waals surface area contributed by atoms with Crippen LogP contribution in [0.15, 0.2) is 212 Å². The lowest BCUT2D eigenvalue weighted by Gasteiger charge is -2.11. The lowest BCUT2D eigenvalue weighted by molar-refractivity contribution is 1.17. The van der Waals surface area contributed by atoms with Crippen molar-refractivity contribution in [2.24, 2.45) is 0 Å². The quantitative estimate of drug-likeness (QED) is 0.168. The summed E-state index contributed by atoms with van der Waals surface area (Å²) in [4.78, 5) is 0. The fraction of sp³-hybridized carbons (Fsp3) is 0. The van der Waals surface area contributed by atoms with Crippen LogP contribution in [-0.4, -0.2) is 13.7 Å². The first kappa shape index (κ1) is 31.7. The second-order valence-electron chi connectivity index (χ2n) is 15.0. The molecule has 3 heterocycles. The summed E-state index contributed by atoms with van der Waals surface area (Å²) >= 11 is 0. The molecule has 0 N–H and O–H groups in total. The molecule has 0 radical (unpaired) electrons. The minimum Gasteiger partial charge on any atom is -0.309 e. The molecule has 0 amide bonds. The molecule has 0 saturated carbocycles. The number of para-hydroxylation sites is 4. The summed E-state index contributed by atoms with van der Waals surface area (Å²) in [5, 5.41) is 7.49. The predicted octanol–water partition coefficient (Wildman–Crippen LogP) is 14.3. The Morgan fingerprint density at radius 1 is 0.193 bits per heavy atom. The van der Waals surface area contributed by atoms with Gasteiger partial charge in [0.15, 0.2) is 0 Å². The lowest BCUT2D eigenvalue weighted by atomic mass is 10.0. The van der Waals surface area contributed by atoms with Gasteiger partial charge in [-0.1, -0.05) is 127 Å². The van der Waals surface area contributed by atoms with Gasteiger partial charge in [-0.15, -0.1) is 0 Å². The molecular formula is C54H35N3. The summed E-state index contributed by atoms with van der Waals surface area (Å²) in [5.41, 5.74) is 15.6. The fourth-order valence-electron chi connectivity index (χ4n) is 9.25. The molecule has 0 spiro atoms. The number of benzene rings is 9. The first-order valence-corrected chi connectivity index (χ1v) is 19.6. The van der Waals surface area contributed by atoms with E-state index in [9.17, 15) is 0 Å². The zero-order valence-electron chi connectivity index (χ0n) is 31.0. The van der Waals surface area contributed by atoms with E-state index < -0.39 is 0 Å². The van der Waals surface area contributed by atoms with E-state index in [2.05, 4.69) is 226 Å². The third-order valence-electron chi connectivity index (χ3n) is 11.8. The van der Waals surface area contributed by atoms with Crippen molar-refractivity contribution in [3.63, 3.8) is 0 Å². The molecule has 0 aliphatic rings. The maximum atomic E-state index is 2.44. The molecule has 12 rings (SSSR count). The molecule has 12 aromatic rings. The van der Waals surface area contributed by atoms with Crippen LogP contribution in [0.4, 0.5) is 0 Å². The summed E-state index contributed by atoms with van der Waals surface area (Å²) in [5.74, 6) is 0. The van der Waals surface area contributed by atoms with Gasteiger partial charge in [0.1, 0.15) is 0 Å². The molecule has 0 aliphatic carbocycles. The van der Waals surface area contributed by atoms with Gasteiger partial charge in [0.05, 0.1) is 33.1 Å². The second-order valence-corrected chi connectivity index (χ2v) is 15.0. The number of hydrogen-bond acceptors (Lipinski definition) is 0. The third kappa shape index (κ3) is 4.86. The van der Waals surface area contributed by atoms with Crippen molar-refractivity contribution in [3.8, 4) is 39.3 Å². The lowest BCUT2D eigenvalue weighted by Crippen LogP contribution is -1.96. The van der Waals surface area contributed by atoms with Crippen molar-refractivity contribution < 1.29 is 0 Å². The highest BCUT2D eigenvalue weighted by atomic mass is 15.0. The van der Waals surface area contributed by atoms with Crippen LogP contribution in [0.2, 0.25) is 0 Å². The molecule has 0 saturated heterocycles. The average molecular weight is 726 g/mol. The Kier molecular flexibility index (Phi) is 6.93. The van der Waals surface area contributed by atoms with E-state index >= 15 is 0 Å². The van der Waals surface area contributed by atoms with E-state index in [1.54, 1.807) is 0 Å². The molecular weight excluding hydrogens is 691 g/mol. The summed E-state index contributed by atoms with van der Waals surface area (Å²) < 4.78 is 7.21. The molecule has 3 heteroatoms. The first-order chi connectivity index (χ1) is 28.3. The molecule has 266 valence electrons. The topological polar surface area (TPSA) is 14.8 Å². The number of aromatic nitrogens is 3. The normalized spacial score (nSPS) is 11.9. The third-order valence-corrected chi connectivity index (χ3v) is 11.8. The summed E-state index contributed by atoms with van der Waals surface area (Å²) in [7, 11) is 0. The van der Waals surface area contributed by atoms with Crippen molar-refractivity contribution in [2.75, 3.05) is 0 Å². The van der Waals surface area contributed by atoms with Crippen molar-refractivity contribution in [3.05, 3.63) is 212 Å². The predicted molar refractivity (Wildman–Crippen MR) is 240 cm³/mol. The minimum atomic E-state index is 1.15. The summed E-state index contributed by atoms with van der Waals surface area (Å²) in [6.45, 7) is 0. The summed E-state index contributed by atoms with van der Waals surface area (Å²) in [6, 6.07) is 77.4. The Balaban J connectivity index is 1.00. The Bertz CT molecular complexity index is 3490. The van der Waals surface area contributed by atoms with Crippen molar-refractivity contribution in [1.29, 1.82) is 0 Å². The van der Waals surface area contributed by atoms with Crippen molar-refractivity contribution in [2.45, 2.75) is 0 Å². The van der Waals surface area contributed by atoms with Gasteiger partial charge in [0.2, 0.25) is 0 Å². The van der Waals surface area contributed by atoms with E-state index in [4.69, 9.17) is 0 Å². The Hall–Kier alpha value is -7.62. The van der Waals surface area contributed by atoms with Crippen LogP contribution in [0.3, 0.4) is 0 Å². The van der Waals surface area contributed by atoms with Crippen LogP contribution in [0, 0.1) is 0 Å². The van der Waals surface area contributed by atoms with Crippen LogP contribution >= 0.6 is 0 Å². The van der Waals surface area contributed by atoms with E-state index in [0.29, 0.717) is 0 Å². The Labute approximate surface area is 329 Å². The monoisotopic (exact) mass is 725 g/mol. The van der Waals surface area contributed by atoms with E-state index in [0.717, 1.165) is 11.4 Å². The SMILES string of the molecule is c1ccc(-c2ccc(-n3c4ccccc4c4cc(-n5c6ccccc6c6cc(-c7ccc8c(c7)c7ccccc7n8-c7ccccc7)ccc65)ccc43)cc2)cc1. The smallest absolute Gasteiger partial charge is 0.0542 e. The standard InChI is InChI=1S/C54H35N3/c1-3-13-36(14-4-1)37-23-27-41(28-24-37)56-50-21-11-9-19-45(50)48-35-42(29-32-54(48)56)57-51-22-12-8-18-44(51)47-34-39(26-31-53(47)57)38-25-30-52-46(33-38)43-17-7-10-20-49(43)55(52)40-15-5-2-6-16-40/h1-35H. The zero-order valence-corrected chi connectivity index (χ0v) is 31.0. The number of nitrogens with zero attached hydrogens (tertiary/aromatic N) is 3. The van der Waals surface area contributed by atoms with E-state index in [1.165, 1.54) is 93.4 Å². The van der Waals surface area contributed by atoms with Crippen molar-refractivity contribution >= 4 is 65.4 Å². The molecule has 3 aromatic heterocycles. The molecule has 0 bridgehead atoms. The molecule has 57 heavy (non-hydrogen) atoms. The van der Waals surface area contributed by atoms with Gasteiger partial charge >= 0.3 is 0 Å². The second kappa shape index (κ2) is 12.5. The van der Waals surface area contributed by atoms with Gasteiger partial charge in [0.25, 0.3) is 0 Å². The van der Waals surface area contributed by atoms with Crippen molar-refractivity contribution in [1.82, 2.24) is 13.7 Å². The Morgan fingerprint density at radius 2 is 0.526 bits per heavy atom. The Morgan fingerprint density at radius 3 is 1.05 bits per heavy atom. The molecule has 0 unspecified atom stereocenters. The highest BCUT2D eigenvalue weighted by Crippen LogP contribution is 2.40. The van der Waals surface area contributed by atoms with E-state index in [-0.39, 0.29) is 0 Å². The van der Waals surface area contributed by atoms with Crippen LogP contribution in [-0.2, 0) is 0 Å².